The molecule has 0 N–H and O–H groups in total. The van der Waals surface area contributed by atoms with Gasteiger partial charge in [0.15, 0.2) is 5.78 Å². The number of rotatable bonds is 7. The van der Waals surface area contributed by atoms with E-state index < -0.39 is 11.6 Å². The summed E-state index contributed by atoms with van der Waals surface area (Å²) in [6, 6.07) is 10.5. The molecule has 5 nitrogen and oxygen atoms in total. The van der Waals surface area contributed by atoms with Crippen molar-refractivity contribution in [1.29, 1.82) is 0 Å². The minimum absolute atomic E-state index is 0.0100. The number of carbonyl (C=O) groups is 2. The van der Waals surface area contributed by atoms with Crippen LogP contribution in [0.3, 0.4) is 0 Å². The molecule has 134 valence electrons. The summed E-state index contributed by atoms with van der Waals surface area (Å²) in [5.74, 6) is -0.545. The zero-order valence-electron chi connectivity index (χ0n) is 14.3. The van der Waals surface area contributed by atoms with Gasteiger partial charge >= 0.3 is 11.6 Å². The van der Waals surface area contributed by atoms with Crippen LogP contribution >= 0.6 is 11.3 Å². The van der Waals surface area contributed by atoms with Gasteiger partial charge in [0.05, 0.1) is 11.3 Å². The SMILES string of the molecule is CCc1ccc2c(COC(=O)CCC(=O)c3cccs3)cc(=O)oc2c1. The Bertz CT molecular complexity index is 985. The van der Waals surface area contributed by atoms with Gasteiger partial charge in [-0.1, -0.05) is 25.1 Å². The predicted octanol–water partition coefficient (Wildman–Crippen LogP) is 4.12. The molecule has 0 saturated heterocycles. The molecule has 0 aliphatic rings. The van der Waals surface area contributed by atoms with E-state index in [0.29, 0.717) is 16.0 Å². The van der Waals surface area contributed by atoms with Gasteiger partial charge in [-0.2, -0.15) is 0 Å². The molecular weight excluding hydrogens is 352 g/mol. The third-order valence-electron chi connectivity index (χ3n) is 4.04. The molecule has 0 fully saturated rings. The van der Waals surface area contributed by atoms with Crippen molar-refractivity contribution in [2.45, 2.75) is 32.8 Å². The number of fused-ring (bicyclic) bond motifs is 1. The number of aryl methyl sites for hydroxylation is 1. The fourth-order valence-corrected chi connectivity index (χ4v) is 3.31. The van der Waals surface area contributed by atoms with Crippen LogP contribution in [0.2, 0.25) is 0 Å². The van der Waals surface area contributed by atoms with Crippen molar-refractivity contribution in [2.24, 2.45) is 0 Å². The summed E-state index contributed by atoms with van der Waals surface area (Å²) < 4.78 is 10.5. The van der Waals surface area contributed by atoms with E-state index in [1.54, 1.807) is 12.1 Å². The number of benzene rings is 1. The van der Waals surface area contributed by atoms with E-state index >= 15 is 0 Å². The normalized spacial score (nSPS) is 10.8. The molecule has 2 heterocycles. The fraction of sp³-hybridized carbons (Fsp3) is 0.250. The molecule has 0 aliphatic carbocycles. The molecule has 0 radical (unpaired) electrons. The average molecular weight is 370 g/mol. The Kier molecular flexibility index (Phi) is 5.63. The standard InChI is InChI=1S/C20H18O5S/c1-2-13-5-6-15-14(11-20(23)25-17(15)10-13)12-24-19(22)8-7-16(21)18-4-3-9-26-18/h3-6,9-11H,2,7-8,12H2,1H3. The molecule has 0 bridgehead atoms. The lowest BCUT2D eigenvalue weighted by Gasteiger charge is -2.08. The first-order chi connectivity index (χ1) is 12.6. The molecule has 3 rings (SSSR count). The van der Waals surface area contributed by atoms with E-state index in [9.17, 15) is 14.4 Å². The summed E-state index contributed by atoms with van der Waals surface area (Å²) in [5.41, 5.74) is 1.65. The Labute approximate surface area is 154 Å². The summed E-state index contributed by atoms with van der Waals surface area (Å²) in [4.78, 5) is 36.2. The monoisotopic (exact) mass is 370 g/mol. The van der Waals surface area contributed by atoms with E-state index in [-0.39, 0.29) is 25.2 Å². The quantitative estimate of drug-likeness (QED) is 0.355. The van der Waals surface area contributed by atoms with Crippen LogP contribution in [0.25, 0.3) is 11.0 Å². The second-order valence-electron chi connectivity index (χ2n) is 5.84. The van der Waals surface area contributed by atoms with E-state index in [1.807, 2.05) is 30.5 Å². The zero-order valence-corrected chi connectivity index (χ0v) is 15.1. The molecule has 0 atom stereocenters. The van der Waals surface area contributed by atoms with E-state index in [1.165, 1.54) is 17.4 Å². The molecule has 0 spiro atoms. The molecule has 6 heteroatoms. The van der Waals surface area contributed by atoms with Crippen LogP contribution in [-0.2, 0) is 22.6 Å². The van der Waals surface area contributed by atoms with Gasteiger partial charge in [-0.15, -0.1) is 11.3 Å². The highest BCUT2D eigenvalue weighted by molar-refractivity contribution is 7.12. The summed E-state index contributed by atoms with van der Waals surface area (Å²) in [6.07, 6.45) is 0.949. The van der Waals surface area contributed by atoms with Crippen molar-refractivity contribution >= 4 is 34.1 Å². The molecular formula is C20H18O5S. The van der Waals surface area contributed by atoms with Crippen LogP contribution < -0.4 is 5.63 Å². The first-order valence-electron chi connectivity index (χ1n) is 8.35. The topological polar surface area (TPSA) is 73.6 Å². The lowest BCUT2D eigenvalue weighted by atomic mass is 10.1. The van der Waals surface area contributed by atoms with Gasteiger partial charge in [0.1, 0.15) is 12.2 Å². The summed E-state index contributed by atoms with van der Waals surface area (Å²) in [6.45, 7) is 1.99. The highest BCUT2D eigenvalue weighted by atomic mass is 32.1. The summed E-state index contributed by atoms with van der Waals surface area (Å²) >= 11 is 1.35. The van der Waals surface area contributed by atoms with Crippen molar-refractivity contribution in [2.75, 3.05) is 0 Å². The van der Waals surface area contributed by atoms with Crippen molar-refractivity contribution in [3.63, 3.8) is 0 Å². The van der Waals surface area contributed by atoms with Gasteiger partial charge in [-0.3, -0.25) is 9.59 Å². The number of carbonyl (C=O) groups excluding carboxylic acids is 2. The Morgan fingerprint density at radius 2 is 2.00 bits per heavy atom. The highest BCUT2D eigenvalue weighted by Crippen LogP contribution is 2.20. The first kappa shape index (κ1) is 18.1. The maximum atomic E-state index is 11.9. The molecule has 3 aromatic rings. The predicted molar refractivity (Wildman–Crippen MR) is 99.5 cm³/mol. The Morgan fingerprint density at radius 1 is 1.15 bits per heavy atom. The molecule has 0 unspecified atom stereocenters. The largest absolute Gasteiger partial charge is 0.461 e. The fourth-order valence-electron chi connectivity index (χ4n) is 2.62. The van der Waals surface area contributed by atoms with Crippen LogP contribution in [0.1, 0.15) is 40.6 Å². The maximum Gasteiger partial charge on any atom is 0.336 e. The number of esters is 1. The minimum Gasteiger partial charge on any atom is -0.461 e. The molecule has 1 aromatic carbocycles. The van der Waals surface area contributed by atoms with E-state index in [0.717, 1.165) is 17.4 Å². The number of Topliss-reactive ketones (excluding diaryl/α,β-unsaturated/α-hetero) is 1. The van der Waals surface area contributed by atoms with Gasteiger partial charge in [-0.05, 0) is 29.5 Å². The molecule has 2 aromatic heterocycles. The second-order valence-corrected chi connectivity index (χ2v) is 6.78. The average Bonchev–Trinajstić information content (AvgIpc) is 3.18. The van der Waals surface area contributed by atoms with Gasteiger partial charge in [0.25, 0.3) is 0 Å². The van der Waals surface area contributed by atoms with Crippen LogP contribution in [0.4, 0.5) is 0 Å². The third-order valence-corrected chi connectivity index (χ3v) is 4.95. The maximum absolute atomic E-state index is 11.9. The van der Waals surface area contributed by atoms with Crippen molar-refractivity contribution in [3.05, 3.63) is 68.2 Å². The molecule has 26 heavy (non-hydrogen) atoms. The summed E-state index contributed by atoms with van der Waals surface area (Å²) in [5, 5.41) is 2.56. The lowest BCUT2D eigenvalue weighted by molar-refractivity contribution is -0.144. The van der Waals surface area contributed by atoms with Crippen molar-refractivity contribution in [3.8, 4) is 0 Å². The van der Waals surface area contributed by atoms with Crippen LogP contribution in [0.5, 0.6) is 0 Å². The summed E-state index contributed by atoms with van der Waals surface area (Å²) in [7, 11) is 0. The minimum atomic E-state index is -0.482. The number of hydrogen-bond acceptors (Lipinski definition) is 6. The number of hydrogen-bond donors (Lipinski definition) is 0. The van der Waals surface area contributed by atoms with Crippen LogP contribution in [0, 0.1) is 0 Å². The molecule has 0 amide bonds. The van der Waals surface area contributed by atoms with E-state index in [4.69, 9.17) is 9.15 Å². The molecule has 0 saturated carbocycles. The zero-order chi connectivity index (χ0) is 18.5. The van der Waals surface area contributed by atoms with Gasteiger partial charge in [0.2, 0.25) is 0 Å². The Morgan fingerprint density at radius 3 is 2.73 bits per heavy atom. The van der Waals surface area contributed by atoms with Gasteiger partial charge in [0, 0.05) is 23.4 Å². The van der Waals surface area contributed by atoms with Crippen LogP contribution in [-0.4, -0.2) is 11.8 Å². The second kappa shape index (κ2) is 8.10. The lowest BCUT2D eigenvalue weighted by Crippen LogP contribution is -2.09. The smallest absolute Gasteiger partial charge is 0.336 e. The first-order valence-corrected chi connectivity index (χ1v) is 9.22. The number of ketones is 1. The number of thiophene rings is 1. The van der Waals surface area contributed by atoms with E-state index in [2.05, 4.69) is 0 Å². The van der Waals surface area contributed by atoms with Gasteiger partial charge < -0.3 is 9.15 Å². The molecule has 0 aliphatic heterocycles. The van der Waals surface area contributed by atoms with Gasteiger partial charge in [-0.25, -0.2) is 4.79 Å². The highest BCUT2D eigenvalue weighted by Gasteiger charge is 2.13. The third kappa shape index (κ3) is 4.26. The Hall–Kier alpha value is -2.73. The van der Waals surface area contributed by atoms with Crippen molar-refractivity contribution < 1.29 is 18.7 Å². The van der Waals surface area contributed by atoms with Crippen molar-refractivity contribution in [1.82, 2.24) is 0 Å². The Balaban J connectivity index is 1.64. The van der Waals surface area contributed by atoms with Crippen LogP contribution in [0.15, 0.2) is 51.0 Å². The number of ether oxygens (including phenoxy) is 1.